The first-order chi connectivity index (χ1) is 19.1. The molecule has 0 N–H and O–H groups in total. The molecule has 0 spiro atoms. The van der Waals surface area contributed by atoms with Crippen LogP contribution in [0.5, 0.6) is 5.75 Å². The lowest BCUT2D eigenvalue weighted by Crippen LogP contribution is -2.37. The van der Waals surface area contributed by atoms with Gasteiger partial charge in [-0.25, -0.2) is 9.18 Å². The van der Waals surface area contributed by atoms with Gasteiger partial charge in [-0.1, -0.05) is 66.9 Å². The van der Waals surface area contributed by atoms with Crippen LogP contribution in [0.1, 0.15) is 37.7 Å². The van der Waals surface area contributed by atoms with Crippen molar-refractivity contribution in [2.45, 2.75) is 52.4 Å². The van der Waals surface area contributed by atoms with Gasteiger partial charge in [-0.2, -0.15) is 0 Å². The van der Waals surface area contributed by atoms with Gasteiger partial charge in [-0.3, -0.25) is 0 Å². The Morgan fingerprint density at radius 2 is 1.36 bits per heavy atom. The Kier molecular flexibility index (Phi) is 8.65. The van der Waals surface area contributed by atoms with E-state index < -0.39 is 28.3 Å². The maximum absolute atomic E-state index is 15.2. The van der Waals surface area contributed by atoms with Gasteiger partial charge in [0, 0.05) is 11.6 Å². The summed E-state index contributed by atoms with van der Waals surface area (Å²) in [5.41, 5.74) is 0.0401. The van der Waals surface area contributed by atoms with Gasteiger partial charge >= 0.3 is 5.97 Å². The highest BCUT2D eigenvalue weighted by atomic mass is 32.2. The second-order valence-corrected chi connectivity index (χ2v) is 11.5. The summed E-state index contributed by atoms with van der Waals surface area (Å²) in [7, 11) is -0.477. The molecule has 5 heteroatoms. The maximum atomic E-state index is 15.2. The molecule has 1 saturated carbocycles. The fourth-order valence-electron chi connectivity index (χ4n) is 4.71. The number of ether oxygens (including phenoxy) is 2. The fraction of sp³-hybridized carbons (Fsp3) is 0.206. The minimum Gasteiger partial charge on any atom is -0.479 e. The molecule has 0 saturated heterocycles. The Morgan fingerprint density at radius 3 is 1.95 bits per heavy atom. The number of esters is 1. The predicted molar refractivity (Wildman–Crippen MR) is 152 cm³/mol. The quantitative estimate of drug-likeness (QED) is 0.138. The van der Waals surface area contributed by atoms with Crippen molar-refractivity contribution >= 4 is 16.9 Å². The molecular formula is C34H30FO3S+. The van der Waals surface area contributed by atoms with E-state index in [1.807, 2.05) is 72.8 Å². The van der Waals surface area contributed by atoms with Crippen molar-refractivity contribution in [3.8, 4) is 17.6 Å². The van der Waals surface area contributed by atoms with Crippen LogP contribution in [0.2, 0.25) is 0 Å². The predicted octanol–water partition coefficient (Wildman–Crippen LogP) is 7.60. The first-order valence-corrected chi connectivity index (χ1v) is 14.4. The van der Waals surface area contributed by atoms with Crippen molar-refractivity contribution in [1.82, 2.24) is 0 Å². The molecule has 0 amide bonds. The number of carbonyl (C=O) groups is 1. The van der Waals surface area contributed by atoms with Gasteiger partial charge < -0.3 is 9.47 Å². The molecule has 0 bridgehead atoms. The number of rotatable bonds is 7. The topological polar surface area (TPSA) is 35.5 Å². The lowest BCUT2D eigenvalue weighted by atomic mass is 9.85. The molecule has 4 aromatic rings. The number of benzene rings is 4. The largest absolute Gasteiger partial charge is 0.479 e. The van der Waals surface area contributed by atoms with E-state index in [-0.39, 0.29) is 12.4 Å². The summed E-state index contributed by atoms with van der Waals surface area (Å²) in [6, 6.07) is 34.7. The van der Waals surface area contributed by atoms with Gasteiger partial charge in [0.1, 0.15) is 0 Å². The van der Waals surface area contributed by atoms with Crippen LogP contribution in [0, 0.1) is 17.7 Å². The molecule has 0 radical (unpaired) electrons. The minimum absolute atomic E-state index is 0.0217. The molecule has 0 atom stereocenters. The maximum Gasteiger partial charge on any atom is 0.345 e. The Bertz CT molecular complexity index is 1400. The summed E-state index contributed by atoms with van der Waals surface area (Å²) in [6.07, 6.45) is 4.34. The Balaban J connectivity index is 1.29. The van der Waals surface area contributed by atoms with Gasteiger partial charge in [-0.15, -0.1) is 0 Å². The summed E-state index contributed by atoms with van der Waals surface area (Å²) in [6.45, 7) is -0.381. The zero-order valence-electron chi connectivity index (χ0n) is 21.6. The van der Waals surface area contributed by atoms with Gasteiger partial charge in [0.15, 0.2) is 38.5 Å². The number of hydrogen-bond acceptors (Lipinski definition) is 3. The van der Waals surface area contributed by atoms with Crippen LogP contribution in [-0.2, 0) is 20.4 Å². The smallest absolute Gasteiger partial charge is 0.345 e. The SMILES string of the molecule is O=C(COc1ccc([S+](c2ccccc2)c2ccccc2)cc1F)OC1(C#Cc2ccccc2)CCCCC1. The van der Waals surface area contributed by atoms with Gasteiger partial charge in [-0.05, 0) is 80.1 Å². The van der Waals surface area contributed by atoms with Crippen LogP contribution in [-0.4, -0.2) is 18.2 Å². The van der Waals surface area contributed by atoms with E-state index in [0.29, 0.717) is 12.8 Å². The number of carbonyl (C=O) groups excluding carboxylic acids is 1. The molecule has 0 aliphatic heterocycles. The van der Waals surface area contributed by atoms with Crippen LogP contribution in [0.4, 0.5) is 4.39 Å². The molecule has 5 rings (SSSR count). The van der Waals surface area contributed by atoms with E-state index in [1.165, 1.54) is 6.07 Å². The molecule has 4 aromatic carbocycles. The molecule has 196 valence electrons. The van der Waals surface area contributed by atoms with Crippen LogP contribution < -0.4 is 4.74 Å². The van der Waals surface area contributed by atoms with E-state index >= 15 is 4.39 Å². The van der Waals surface area contributed by atoms with E-state index in [4.69, 9.17) is 9.47 Å². The van der Waals surface area contributed by atoms with Crippen molar-refractivity contribution in [2.24, 2.45) is 0 Å². The van der Waals surface area contributed by atoms with Crippen molar-refractivity contribution in [1.29, 1.82) is 0 Å². The third-order valence-electron chi connectivity index (χ3n) is 6.62. The van der Waals surface area contributed by atoms with Crippen LogP contribution in [0.15, 0.2) is 124 Å². The summed E-state index contributed by atoms with van der Waals surface area (Å²) < 4.78 is 26.7. The average molecular weight is 538 g/mol. The van der Waals surface area contributed by atoms with E-state index in [9.17, 15) is 4.79 Å². The minimum atomic E-state index is -0.837. The standard InChI is InChI=1S/C34H30FO3S/c35-31-25-30(39(28-15-7-2-8-16-28)29-17-9-3-10-18-29)19-20-32(31)37-26-33(36)38-34(22-11-4-12-23-34)24-21-27-13-5-1-6-14-27/h1-3,5-10,13-20,25H,4,11-12,22-23,26H2/q+1. The van der Waals surface area contributed by atoms with Crippen molar-refractivity contribution < 1.29 is 18.7 Å². The van der Waals surface area contributed by atoms with Gasteiger partial charge in [0.05, 0.1) is 10.9 Å². The van der Waals surface area contributed by atoms with E-state index in [2.05, 4.69) is 36.1 Å². The molecule has 1 aliphatic rings. The van der Waals surface area contributed by atoms with Crippen molar-refractivity contribution in [3.63, 3.8) is 0 Å². The average Bonchev–Trinajstić information content (AvgIpc) is 2.98. The second-order valence-electron chi connectivity index (χ2n) is 9.46. The zero-order valence-corrected chi connectivity index (χ0v) is 22.5. The normalized spacial score (nSPS) is 14.2. The van der Waals surface area contributed by atoms with Gasteiger partial charge in [0.2, 0.25) is 0 Å². The monoisotopic (exact) mass is 537 g/mol. The Hall–Kier alpha value is -4.01. The number of halogens is 1. The van der Waals surface area contributed by atoms with E-state index in [0.717, 1.165) is 39.5 Å². The lowest BCUT2D eigenvalue weighted by Gasteiger charge is -2.32. The first kappa shape index (κ1) is 26.6. The summed E-state index contributed by atoms with van der Waals surface area (Å²) in [5.74, 6) is 5.34. The third kappa shape index (κ3) is 6.90. The molecule has 0 aromatic heterocycles. The molecule has 0 unspecified atom stereocenters. The van der Waals surface area contributed by atoms with Crippen molar-refractivity contribution in [3.05, 3.63) is 121 Å². The molecule has 0 heterocycles. The molecule has 3 nitrogen and oxygen atoms in total. The molecule has 39 heavy (non-hydrogen) atoms. The fourth-order valence-corrected chi connectivity index (χ4v) is 6.81. The second kappa shape index (κ2) is 12.7. The molecular weight excluding hydrogens is 507 g/mol. The van der Waals surface area contributed by atoms with Crippen LogP contribution in [0.25, 0.3) is 0 Å². The highest BCUT2D eigenvalue weighted by Gasteiger charge is 2.35. The molecule has 1 fully saturated rings. The highest BCUT2D eigenvalue weighted by molar-refractivity contribution is 7.97. The third-order valence-corrected chi connectivity index (χ3v) is 8.83. The first-order valence-electron chi connectivity index (χ1n) is 13.2. The molecule has 1 aliphatic carbocycles. The van der Waals surface area contributed by atoms with E-state index in [1.54, 1.807) is 6.07 Å². The highest BCUT2D eigenvalue weighted by Crippen LogP contribution is 2.34. The zero-order chi connectivity index (χ0) is 26.9. The lowest BCUT2D eigenvalue weighted by molar-refractivity contribution is -0.159. The van der Waals surface area contributed by atoms with Crippen molar-refractivity contribution in [2.75, 3.05) is 6.61 Å². The number of hydrogen-bond donors (Lipinski definition) is 0. The Morgan fingerprint density at radius 1 is 0.769 bits per heavy atom. The Labute approximate surface area is 232 Å². The van der Waals surface area contributed by atoms with Crippen LogP contribution >= 0.6 is 0 Å². The summed E-state index contributed by atoms with van der Waals surface area (Å²) >= 11 is 0. The van der Waals surface area contributed by atoms with Crippen LogP contribution in [0.3, 0.4) is 0 Å². The summed E-state index contributed by atoms with van der Waals surface area (Å²) in [5, 5.41) is 0. The van der Waals surface area contributed by atoms with Gasteiger partial charge in [0.25, 0.3) is 0 Å². The summed E-state index contributed by atoms with van der Waals surface area (Å²) in [4.78, 5) is 15.8.